The highest BCUT2D eigenvalue weighted by Crippen LogP contribution is 2.39. The number of benzene rings is 1. The van der Waals surface area contributed by atoms with Gasteiger partial charge in [-0.15, -0.1) is 11.3 Å². The third-order valence-electron chi connectivity index (χ3n) is 5.26. The van der Waals surface area contributed by atoms with Gasteiger partial charge in [-0.2, -0.15) is 0 Å². The van der Waals surface area contributed by atoms with Crippen LogP contribution in [0.4, 0.5) is 9.80 Å². The molecule has 1 heterocycles. The van der Waals surface area contributed by atoms with Crippen molar-refractivity contribution in [3.8, 4) is 0 Å². The molecule has 1 aromatic carbocycles. The fraction of sp³-hybridized carbons (Fsp3) is 0.409. The van der Waals surface area contributed by atoms with E-state index < -0.39 is 27.7 Å². The first-order valence-corrected chi connectivity index (χ1v) is 12.9. The third kappa shape index (κ3) is 6.17. The molecule has 1 unspecified atom stereocenters. The predicted molar refractivity (Wildman–Crippen MR) is 123 cm³/mol. The molecule has 1 aliphatic carbocycles. The molecule has 3 rings (SSSR count). The van der Waals surface area contributed by atoms with Crippen LogP contribution in [0.3, 0.4) is 0 Å². The molecule has 0 saturated heterocycles. The number of methoxy groups -OCH3 is 1. The molecular weight excluding hydrogens is 452 g/mol. The van der Waals surface area contributed by atoms with Gasteiger partial charge in [0.2, 0.25) is 5.91 Å². The molecule has 0 bridgehead atoms. The third-order valence-corrected chi connectivity index (χ3v) is 8.03. The highest BCUT2D eigenvalue weighted by Gasteiger charge is 2.29. The van der Waals surface area contributed by atoms with Gasteiger partial charge in [-0.3, -0.25) is 14.9 Å². The lowest BCUT2D eigenvalue weighted by molar-refractivity contribution is -0.115. The van der Waals surface area contributed by atoms with Gasteiger partial charge in [-0.25, -0.2) is 13.2 Å². The number of nitrogens with one attached hydrogen (secondary N) is 2. The van der Waals surface area contributed by atoms with E-state index in [1.807, 2.05) is 0 Å². The van der Waals surface area contributed by atoms with Crippen LogP contribution in [0.15, 0.2) is 30.3 Å². The first-order chi connectivity index (χ1) is 15.2. The summed E-state index contributed by atoms with van der Waals surface area (Å²) in [4.78, 5) is 37.8. The molecule has 172 valence electrons. The van der Waals surface area contributed by atoms with Crippen molar-refractivity contribution in [2.24, 2.45) is 5.92 Å². The molecule has 8 nitrogen and oxygen atoms in total. The zero-order valence-electron chi connectivity index (χ0n) is 18.0. The van der Waals surface area contributed by atoms with E-state index in [4.69, 9.17) is 0 Å². The van der Waals surface area contributed by atoms with E-state index in [0.717, 1.165) is 30.4 Å². The van der Waals surface area contributed by atoms with E-state index in [1.165, 1.54) is 11.3 Å². The van der Waals surface area contributed by atoms with E-state index >= 15 is 0 Å². The standard InChI is InChI=1S/C22H26N2O6S2/c1-14-8-9-16-17(12-14)31-21(19(16)20(26)24-22(27)30-2)23-18(25)10-11-32(28,29)13-15-6-4-3-5-7-15/h3-7,14H,8-13H2,1-2H3,(H,23,25)(H,24,26,27). The fourth-order valence-corrected chi connectivity index (χ4v) is 6.39. The minimum absolute atomic E-state index is 0.140. The van der Waals surface area contributed by atoms with Crippen LogP contribution in [0, 0.1) is 5.92 Å². The molecule has 2 aromatic rings. The monoisotopic (exact) mass is 478 g/mol. The predicted octanol–water partition coefficient (Wildman–Crippen LogP) is 3.31. The Balaban J connectivity index is 1.72. The number of sulfone groups is 1. The van der Waals surface area contributed by atoms with E-state index in [-0.39, 0.29) is 23.5 Å². The van der Waals surface area contributed by atoms with Crippen LogP contribution in [0.5, 0.6) is 0 Å². The second kappa shape index (κ2) is 10.3. The Hall–Kier alpha value is -2.72. The number of amides is 3. The van der Waals surface area contributed by atoms with E-state index in [9.17, 15) is 22.8 Å². The zero-order valence-corrected chi connectivity index (χ0v) is 19.6. The van der Waals surface area contributed by atoms with Crippen LogP contribution in [0.1, 0.15) is 46.1 Å². The van der Waals surface area contributed by atoms with Crippen LogP contribution in [0.25, 0.3) is 0 Å². The Morgan fingerprint density at radius 1 is 1.19 bits per heavy atom. The van der Waals surface area contributed by atoms with Gasteiger partial charge in [0.25, 0.3) is 5.91 Å². The smallest absolute Gasteiger partial charge is 0.413 e. The van der Waals surface area contributed by atoms with Gasteiger partial charge in [0.1, 0.15) is 5.00 Å². The quantitative estimate of drug-likeness (QED) is 0.630. The van der Waals surface area contributed by atoms with Gasteiger partial charge in [-0.05, 0) is 36.3 Å². The Kier molecular flexibility index (Phi) is 7.68. The van der Waals surface area contributed by atoms with Gasteiger partial charge < -0.3 is 10.1 Å². The fourth-order valence-electron chi connectivity index (χ4n) is 3.62. The number of ether oxygens (including phenoxy) is 1. The molecule has 1 atom stereocenters. The van der Waals surface area contributed by atoms with Gasteiger partial charge in [-0.1, -0.05) is 37.3 Å². The summed E-state index contributed by atoms with van der Waals surface area (Å²) in [5.41, 5.74) is 1.74. The van der Waals surface area contributed by atoms with Gasteiger partial charge in [0.05, 0.1) is 24.2 Å². The summed E-state index contributed by atoms with van der Waals surface area (Å²) in [6, 6.07) is 8.77. The van der Waals surface area contributed by atoms with E-state index in [1.54, 1.807) is 30.3 Å². The van der Waals surface area contributed by atoms with Gasteiger partial charge >= 0.3 is 6.09 Å². The maximum Gasteiger partial charge on any atom is 0.413 e. The number of thiophene rings is 1. The Morgan fingerprint density at radius 3 is 2.59 bits per heavy atom. The number of carbonyl (C=O) groups excluding carboxylic acids is 3. The molecule has 1 aliphatic rings. The maximum absolute atomic E-state index is 12.7. The van der Waals surface area contributed by atoms with Crippen LogP contribution in [-0.4, -0.2) is 39.2 Å². The molecule has 10 heteroatoms. The molecule has 1 aromatic heterocycles. The number of hydrogen-bond donors (Lipinski definition) is 2. The molecule has 2 N–H and O–H groups in total. The second-order valence-electron chi connectivity index (χ2n) is 7.88. The molecule has 0 saturated carbocycles. The minimum atomic E-state index is -3.48. The Morgan fingerprint density at radius 2 is 1.91 bits per heavy atom. The van der Waals surface area contributed by atoms with E-state index in [2.05, 4.69) is 22.3 Å². The number of alkyl carbamates (subject to hydrolysis) is 1. The lowest BCUT2D eigenvalue weighted by atomic mass is 9.88. The van der Waals surface area contributed by atoms with Crippen molar-refractivity contribution in [3.05, 3.63) is 51.9 Å². The summed E-state index contributed by atoms with van der Waals surface area (Å²) >= 11 is 1.30. The molecule has 0 aliphatic heterocycles. The van der Waals surface area contributed by atoms with Crippen molar-refractivity contribution in [2.45, 2.75) is 38.4 Å². The number of carbonyl (C=O) groups is 3. The topological polar surface area (TPSA) is 119 Å². The van der Waals surface area contributed by atoms with Crippen molar-refractivity contribution in [2.75, 3.05) is 18.2 Å². The normalized spacial score (nSPS) is 15.5. The first-order valence-electron chi connectivity index (χ1n) is 10.3. The summed E-state index contributed by atoms with van der Waals surface area (Å²) in [7, 11) is -2.32. The second-order valence-corrected chi connectivity index (χ2v) is 11.2. The summed E-state index contributed by atoms with van der Waals surface area (Å²) in [6.07, 6.45) is 1.22. The highest BCUT2D eigenvalue weighted by molar-refractivity contribution is 7.90. The molecule has 0 radical (unpaired) electrons. The molecule has 3 amide bonds. The SMILES string of the molecule is COC(=O)NC(=O)c1c(NC(=O)CCS(=O)(=O)Cc2ccccc2)sc2c1CCC(C)C2. The van der Waals surface area contributed by atoms with Crippen molar-refractivity contribution in [3.63, 3.8) is 0 Å². The summed E-state index contributed by atoms with van der Waals surface area (Å²) in [5, 5.41) is 5.17. The van der Waals surface area contributed by atoms with Crippen molar-refractivity contribution >= 4 is 44.1 Å². The number of anilines is 1. The first kappa shape index (κ1) is 23.9. The minimum Gasteiger partial charge on any atom is -0.453 e. The number of rotatable bonds is 7. The van der Waals surface area contributed by atoms with Gasteiger partial charge in [0.15, 0.2) is 9.84 Å². The highest BCUT2D eigenvalue weighted by atomic mass is 32.2. The maximum atomic E-state index is 12.7. The average Bonchev–Trinajstić information content (AvgIpc) is 3.09. The molecule has 32 heavy (non-hydrogen) atoms. The van der Waals surface area contributed by atoms with Crippen LogP contribution >= 0.6 is 11.3 Å². The largest absolute Gasteiger partial charge is 0.453 e. The lowest BCUT2D eigenvalue weighted by Gasteiger charge is -2.18. The van der Waals surface area contributed by atoms with Crippen LogP contribution < -0.4 is 10.6 Å². The molecular formula is C22H26N2O6S2. The number of fused-ring (bicyclic) bond motifs is 1. The summed E-state index contributed by atoms with van der Waals surface area (Å²) in [6.45, 7) is 2.12. The average molecular weight is 479 g/mol. The molecule has 0 fully saturated rings. The van der Waals surface area contributed by atoms with Gasteiger partial charge in [0, 0.05) is 11.3 Å². The summed E-state index contributed by atoms with van der Waals surface area (Å²) < 4.78 is 29.3. The molecule has 0 spiro atoms. The van der Waals surface area contributed by atoms with Crippen molar-refractivity contribution in [1.82, 2.24) is 5.32 Å². The Labute approximate surface area is 191 Å². The van der Waals surface area contributed by atoms with Crippen LogP contribution in [0.2, 0.25) is 0 Å². The van der Waals surface area contributed by atoms with E-state index in [0.29, 0.717) is 22.9 Å². The zero-order chi connectivity index (χ0) is 23.3. The van der Waals surface area contributed by atoms with Crippen molar-refractivity contribution < 1.29 is 27.5 Å². The number of hydrogen-bond acceptors (Lipinski definition) is 7. The van der Waals surface area contributed by atoms with Crippen molar-refractivity contribution in [1.29, 1.82) is 0 Å². The summed E-state index contributed by atoms with van der Waals surface area (Å²) in [5.74, 6) is -1.14. The Bertz CT molecular complexity index is 1110. The number of imide groups is 1. The lowest BCUT2D eigenvalue weighted by Crippen LogP contribution is -2.31. The van der Waals surface area contributed by atoms with Crippen LogP contribution in [-0.2, 0) is 38.0 Å².